The fraction of sp³-hybridized carbons (Fsp3) is 0.304. The minimum Gasteiger partial charge on any atom is -0.450 e. The van der Waals surface area contributed by atoms with Gasteiger partial charge in [-0.2, -0.15) is 0 Å². The summed E-state index contributed by atoms with van der Waals surface area (Å²) in [5.74, 6) is -0.806. The van der Waals surface area contributed by atoms with E-state index >= 15 is 0 Å². The molecule has 3 rings (SSSR count). The van der Waals surface area contributed by atoms with Crippen LogP contribution in [0, 0.1) is 0 Å². The van der Waals surface area contributed by atoms with Crippen LogP contribution in [-0.4, -0.2) is 18.4 Å². The normalized spacial score (nSPS) is 11.4. The van der Waals surface area contributed by atoms with E-state index in [2.05, 4.69) is 31.6 Å². The van der Waals surface area contributed by atoms with E-state index in [0.717, 1.165) is 10.9 Å². The summed E-state index contributed by atoms with van der Waals surface area (Å²) in [7, 11) is 0. The molecule has 0 saturated carbocycles. The predicted molar refractivity (Wildman–Crippen MR) is 112 cm³/mol. The van der Waals surface area contributed by atoms with E-state index in [4.69, 9.17) is 9.15 Å². The Morgan fingerprint density at radius 1 is 0.966 bits per heavy atom. The first kappa shape index (κ1) is 20.6. The molecular formula is C23H26N2O4. The van der Waals surface area contributed by atoms with E-state index in [1.807, 2.05) is 37.3 Å². The number of furan rings is 1. The molecule has 6 heteroatoms. The van der Waals surface area contributed by atoms with Crippen molar-refractivity contribution in [3.8, 4) is 0 Å². The number of carbonyl (C=O) groups is 2. The lowest BCUT2D eigenvalue weighted by Gasteiger charge is -2.19. The summed E-state index contributed by atoms with van der Waals surface area (Å²) in [4.78, 5) is 25.0. The lowest BCUT2D eigenvalue weighted by atomic mass is 9.87. The topological polar surface area (TPSA) is 80.6 Å². The van der Waals surface area contributed by atoms with Crippen molar-refractivity contribution in [2.24, 2.45) is 0 Å². The number of fused-ring (bicyclic) bond motifs is 1. The van der Waals surface area contributed by atoms with Gasteiger partial charge in [-0.3, -0.25) is 20.4 Å². The molecule has 0 bridgehead atoms. The molecule has 29 heavy (non-hydrogen) atoms. The third-order valence-electron chi connectivity index (χ3n) is 4.66. The highest BCUT2D eigenvalue weighted by Crippen LogP contribution is 2.26. The van der Waals surface area contributed by atoms with Crippen LogP contribution in [0.3, 0.4) is 0 Å². The number of ether oxygens (including phenoxy) is 1. The van der Waals surface area contributed by atoms with Crippen LogP contribution in [0.25, 0.3) is 11.0 Å². The van der Waals surface area contributed by atoms with Gasteiger partial charge in [-0.05, 0) is 36.1 Å². The van der Waals surface area contributed by atoms with Crippen molar-refractivity contribution in [2.45, 2.75) is 39.7 Å². The molecule has 3 aromatic rings. The summed E-state index contributed by atoms with van der Waals surface area (Å²) in [6, 6.07) is 14.7. The quantitative estimate of drug-likeness (QED) is 0.631. The largest absolute Gasteiger partial charge is 0.450 e. The maximum atomic E-state index is 12.6. The molecule has 0 aliphatic rings. The van der Waals surface area contributed by atoms with Crippen molar-refractivity contribution in [3.63, 3.8) is 0 Å². The Bertz CT molecular complexity index is 1010. The van der Waals surface area contributed by atoms with Gasteiger partial charge in [-0.15, -0.1) is 0 Å². The minimum atomic E-state index is -0.532. The van der Waals surface area contributed by atoms with Crippen molar-refractivity contribution < 1.29 is 18.7 Å². The highest BCUT2D eigenvalue weighted by Gasteiger charge is 2.21. The molecule has 0 spiro atoms. The fourth-order valence-corrected chi connectivity index (χ4v) is 2.99. The zero-order valence-corrected chi connectivity index (χ0v) is 17.2. The predicted octanol–water partition coefficient (Wildman–Crippen LogP) is 4.34. The van der Waals surface area contributed by atoms with E-state index in [9.17, 15) is 9.59 Å². The van der Waals surface area contributed by atoms with Crippen LogP contribution in [0.1, 0.15) is 59.7 Å². The first-order valence-corrected chi connectivity index (χ1v) is 9.60. The third kappa shape index (κ3) is 4.66. The Hall–Kier alpha value is -3.12. The standard InChI is InChI=1S/C23H26N2O4/c1-5-28-14-18-17-8-6-7-9-19(17)29-20(18)22(27)25-24-21(26)15-10-12-16(13-11-15)23(2,3)4/h6-13H,5,14H2,1-4H3,(H,24,26)(H,25,27). The highest BCUT2D eigenvalue weighted by molar-refractivity contribution is 6.01. The average Bonchev–Trinajstić information content (AvgIpc) is 3.08. The van der Waals surface area contributed by atoms with Crippen molar-refractivity contribution in [2.75, 3.05) is 6.61 Å². The molecule has 0 aliphatic carbocycles. The van der Waals surface area contributed by atoms with Crippen LogP contribution >= 0.6 is 0 Å². The Balaban J connectivity index is 1.73. The van der Waals surface area contributed by atoms with Crippen molar-refractivity contribution in [1.82, 2.24) is 10.9 Å². The Kier molecular flexibility index (Phi) is 6.03. The van der Waals surface area contributed by atoms with Gasteiger partial charge in [0.2, 0.25) is 0 Å². The summed E-state index contributed by atoms with van der Waals surface area (Å²) < 4.78 is 11.2. The first-order chi connectivity index (χ1) is 13.8. The maximum Gasteiger partial charge on any atom is 0.305 e. The van der Waals surface area contributed by atoms with Crippen LogP contribution in [0.5, 0.6) is 0 Å². The molecule has 0 fully saturated rings. The third-order valence-corrected chi connectivity index (χ3v) is 4.66. The van der Waals surface area contributed by atoms with Gasteiger partial charge in [0, 0.05) is 23.1 Å². The van der Waals surface area contributed by atoms with Gasteiger partial charge < -0.3 is 9.15 Å². The summed E-state index contributed by atoms with van der Waals surface area (Å²) in [5, 5.41) is 0.815. The molecule has 2 amide bonds. The van der Waals surface area contributed by atoms with Crippen molar-refractivity contribution >= 4 is 22.8 Å². The fourth-order valence-electron chi connectivity index (χ4n) is 2.99. The lowest BCUT2D eigenvalue weighted by Crippen LogP contribution is -2.41. The van der Waals surface area contributed by atoms with E-state index < -0.39 is 11.8 Å². The van der Waals surface area contributed by atoms with Crippen LogP contribution in [0.4, 0.5) is 0 Å². The molecule has 6 nitrogen and oxygen atoms in total. The number of hydrogen-bond donors (Lipinski definition) is 2. The Morgan fingerprint density at radius 3 is 2.28 bits per heavy atom. The zero-order valence-electron chi connectivity index (χ0n) is 17.2. The molecule has 1 heterocycles. The van der Waals surface area contributed by atoms with Gasteiger partial charge >= 0.3 is 5.91 Å². The van der Waals surface area contributed by atoms with Gasteiger partial charge in [0.05, 0.1) is 6.61 Å². The first-order valence-electron chi connectivity index (χ1n) is 9.60. The van der Waals surface area contributed by atoms with Crippen LogP contribution in [-0.2, 0) is 16.8 Å². The molecule has 0 atom stereocenters. The number of hydrogen-bond acceptors (Lipinski definition) is 4. The number of carbonyl (C=O) groups excluding carboxylic acids is 2. The molecule has 2 aromatic carbocycles. The summed E-state index contributed by atoms with van der Waals surface area (Å²) >= 11 is 0. The molecule has 1 aromatic heterocycles. The number of rotatable bonds is 5. The molecular weight excluding hydrogens is 368 g/mol. The van der Waals surface area contributed by atoms with E-state index in [-0.39, 0.29) is 17.8 Å². The second kappa shape index (κ2) is 8.49. The van der Waals surface area contributed by atoms with Crippen molar-refractivity contribution in [1.29, 1.82) is 0 Å². The second-order valence-corrected chi connectivity index (χ2v) is 7.78. The van der Waals surface area contributed by atoms with Gasteiger partial charge in [-0.25, -0.2) is 0 Å². The number of hydrazine groups is 1. The Morgan fingerprint density at radius 2 is 1.62 bits per heavy atom. The van der Waals surface area contributed by atoms with E-state index in [1.165, 1.54) is 0 Å². The van der Waals surface area contributed by atoms with Gasteiger partial charge in [0.25, 0.3) is 5.91 Å². The number of nitrogens with one attached hydrogen (secondary N) is 2. The summed E-state index contributed by atoms with van der Waals surface area (Å²) in [5.41, 5.74) is 7.71. The molecule has 0 aliphatic heterocycles. The SMILES string of the molecule is CCOCc1c(C(=O)NNC(=O)c2ccc(C(C)(C)C)cc2)oc2ccccc12. The lowest BCUT2D eigenvalue weighted by molar-refractivity contribution is 0.0825. The summed E-state index contributed by atoms with van der Waals surface area (Å²) in [6.07, 6.45) is 0. The average molecular weight is 394 g/mol. The van der Waals surface area contributed by atoms with Crippen LogP contribution < -0.4 is 10.9 Å². The second-order valence-electron chi connectivity index (χ2n) is 7.78. The van der Waals surface area contributed by atoms with E-state index in [1.54, 1.807) is 18.2 Å². The molecule has 0 radical (unpaired) electrons. The molecule has 152 valence electrons. The Labute approximate surface area is 170 Å². The van der Waals surface area contributed by atoms with Crippen LogP contribution in [0.15, 0.2) is 52.9 Å². The van der Waals surface area contributed by atoms with Gasteiger partial charge in [-0.1, -0.05) is 51.1 Å². The smallest absolute Gasteiger partial charge is 0.305 e. The highest BCUT2D eigenvalue weighted by atomic mass is 16.5. The minimum absolute atomic E-state index is 0.00146. The molecule has 0 saturated heterocycles. The number of amides is 2. The molecule has 2 N–H and O–H groups in total. The van der Waals surface area contributed by atoms with Gasteiger partial charge in [0.1, 0.15) is 5.58 Å². The zero-order chi connectivity index (χ0) is 21.0. The van der Waals surface area contributed by atoms with E-state index in [0.29, 0.717) is 23.3 Å². The van der Waals surface area contributed by atoms with Crippen molar-refractivity contribution in [3.05, 3.63) is 71.0 Å². The number of para-hydroxylation sites is 1. The van der Waals surface area contributed by atoms with Gasteiger partial charge in [0.15, 0.2) is 5.76 Å². The molecule has 0 unspecified atom stereocenters. The summed E-state index contributed by atoms with van der Waals surface area (Å²) in [6.45, 7) is 8.97. The maximum absolute atomic E-state index is 12.6. The van der Waals surface area contributed by atoms with Crippen LogP contribution in [0.2, 0.25) is 0 Å². The monoisotopic (exact) mass is 394 g/mol. The number of benzene rings is 2.